The zero-order chi connectivity index (χ0) is 17.5. The molecular weight excluding hydrogens is 348 g/mol. The Morgan fingerprint density at radius 1 is 1.17 bits per heavy atom. The van der Waals surface area contributed by atoms with E-state index in [2.05, 4.69) is 9.71 Å². The summed E-state index contributed by atoms with van der Waals surface area (Å²) in [6.07, 6.45) is 0. The molecule has 2 N–H and O–H groups in total. The summed E-state index contributed by atoms with van der Waals surface area (Å²) in [4.78, 5) is 15.3. The summed E-state index contributed by atoms with van der Waals surface area (Å²) >= 11 is 1.23. The number of fused-ring (bicyclic) bond motifs is 1. The Hall–Kier alpha value is -2.45. The number of aromatic carboxylic acids is 1. The normalized spacial score (nSPS) is 11.6. The van der Waals surface area contributed by atoms with Crippen LogP contribution in [0.5, 0.6) is 0 Å². The summed E-state index contributed by atoms with van der Waals surface area (Å²) in [7, 11) is -3.92. The van der Waals surface area contributed by atoms with Crippen LogP contribution in [0, 0.1) is 13.8 Å². The van der Waals surface area contributed by atoms with Crippen molar-refractivity contribution in [3.63, 3.8) is 0 Å². The van der Waals surface area contributed by atoms with Crippen LogP contribution < -0.4 is 4.72 Å². The number of hydrogen-bond donors (Lipinski definition) is 2. The van der Waals surface area contributed by atoms with Crippen LogP contribution in [-0.4, -0.2) is 24.5 Å². The minimum absolute atomic E-state index is 0.0714. The summed E-state index contributed by atoms with van der Waals surface area (Å²) < 4.78 is 28.5. The molecule has 0 aliphatic carbocycles. The fourth-order valence-electron chi connectivity index (χ4n) is 2.27. The second-order valence-electron chi connectivity index (χ2n) is 5.38. The Morgan fingerprint density at radius 3 is 2.62 bits per heavy atom. The van der Waals surface area contributed by atoms with Gasteiger partial charge in [-0.25, -0.2) is 18.2 Å². The maximum absolute atomic E-state index is 12.6. The standard InChI is InChI=1S/C16H14N2O4S2/c1-9-3-6-12-13(7-9)23-16(17-12)18-24(21,22)14-8-11(15(19)20)5-4-10(14)2/h3-8H,1-2H3,(H,17,18)(H,19,20). The third-order valence-electron chi connectivity index (χ3n) is 3.49. The van der Waals surface area contributed by atoms with Gasteiger partial charge >= 0.3 is 5.97 Å². The highest BCUT2D eigenvalue weighted by Gasteiger charge is 2.20. The molecule has 0 atom stereocenters. The van der Waals surface area contributed by atoms with Gasteiger partial charge in [0.05, 0.1) is 20.7 Å². The Kier molecular flexibility index (Phi) is 4.02. The molecule has 3 rings (SSSR count). The minimum atomic E-state index is -3.92. The maximum Gasteiger partial charge on any atom is 0.335 e. The van der Waals surface area contributed by atoms with Gasteiger partial charge in [0.15, 0.2) is 5.13 Å². The van der Waals surface area contributed by atoms with Gasteiger partial charge in [0.25, 0.3) is 10.0 Å². The number of aryl methyl sites for hydroxylation is 2. The molecule has 0 aliphatic heterocycles. The van der Waals surface area contributed by atoms with E-state index in [1.165, 1.54) is 23.5 Å². The topological polar surface area (TPSA) is 96.4 Å². The van der Waals surface area contributed by atoms with Crippen molar-refractivity contribution >= 4 is 42.7 Å². The number of benzene rings is 2. The first kappa shape index (κ1) is 16.4. The Balaban J connectivity index is 2.01. The summed E-state index contributed by atoms with van der Waals surface area (Å²) in [6.45, 7) is 3.56. The van der Waals surface area contributed by atoms with Gasteiger partial charge in [0, 0.05) is 0 Å². The number of carbonyl (C=O) groups is 1. The first-order valence-electron chi connectivity index (χ1n) is 7.00. The fourth-order valence-corrected chi connectivity index (χ4v) is 4.74. The summed E-state index contributed by atoms with van der Waals surface area (Å²) in [5.74, 6) is -1.18. The molecule has 0 bridgehead atoms. The van der Waals surface area contributed by atoms with Crippen molar-refractivity contribution in [3.8, 4) is 0 Å². The molecule has 0 saturated carbocycles. The molecule has 3 aromatic rings. The molecule has 2 aromatic carbocycles. The average Bonchev–Trinajstić information content (AvgIpc) is 2.87. The van der Waals surface area contributed by atoms with Crippen LogP contribution in [0.4, 0.5) is 5.13 Å². The average molecular weight is 362 g/mol. The summed E-state index contributed by atoms with van der Waals surface area (Å²) in [5, 5.41) is 9.30. The van der Waals surface area contributed by atoms with Gasteiger partial charge in [-0.05, 0) is 49.2 Å². The maximum atomic E-state index is 12.6. The van der Waals surface area contributed by atoms with E-state index in [0.717, 1.165) is 16.3 Å². The van der Waals surface area contributed by atoms with Crippen molar-refractivity contribution in [1.29, 1.82) is 0 Å². The third kappa shape index (κ3) is 3.10. The molecule has 6 nitrogen and oxygen atoms in total. The third-order valence-corrected chi connectivity index (χ3v) is 6.03. The second-order valence-corrected chi connectivity index (χ2v) is 8.06. The van der Waals surface area contributed by atoms with E-state index in [9.17, 15) is 13.2 Å². The SMILES string of the molecule is Cc1ccc2nc(NS(=O)(=O)c3cc(C(=O)O)ccc3C)sc2c1. The second kappa shape index (κ2) is 5.88. The van der Waals surface area contributed by atoms with Crippen LogP contribution in [0.1, 0.15) is 21.5 Å². The number of anilines is 1. The van der Waals surface area contributed by atoms with E-state index >= 15 is 0 Å². The van der Waals surface area contributed by atoms with Gasteiger partial charge in [-0.1, -0.05) is 23.5 Å². The highest BCUT2D eigenvalue weighted by molar-refractivity contribution is 7.93. The van der Waals surface area contributed by atoms with E-state index in [0.29, 0.717) is 11.1 Å². The molecule has 0 unspecified atom stereocenters. The van der Waals surface area contributed by atoms with Crippen LogP contribution in [0.2, 0.25) is 0 Å². The van der Waals surface area contributed by atoms with E-state index in [1.54, 1.807) is 6.92 Å². The Morgan fingerprint density at radius 2 is 1.92 bits per heavy atom. The van der Waals surface area contributed by atoms with E-state index in [4.69, 9.17) is 5.11 Å². The molecule has 8 heteroatoms. The molecule has 0 spiro atoms. The molecule has 1 heterocycles. The quantitative estimate of drug-likeness (QED) is 0.741. The molecule has 0 radical (unpaired) electrons. The molecule has 0 fully saturated rings. The number of thiazole rings is 1. The molecular formula is C16H14N2O4S2. The van der Waals surface area contributed by atoms with Gasteiger partial charge in [0.1, 0.15) is 0 Å². The number of nitrogens with zero attached hydrogens (tertiary/aromatic N) is 1. The van der Waals surface area contributed by atoms with E-state index in [-0.39, 0.29) is 15.6 Å². The van der Waals surface area contributed by atoms with Crippen molar-refractivity contribution in [3.05, 3.63) is 53.1 Å². The van der Waals surface area contributed by atoms with Gasteiger partial charge in [0.2, 0.25) is 0 Å². The lowest BCUT2D eigenvalue weighted by Crippen LogP contribution is -2.15. The predicted molar refractivity (Wildman–Crippen MR) is 93.3 cm³/mol. The number of nitrogens with one attached hydrogen (secondary N) is 1. The number of sulfonamides is 1. The Labute approximate surface area is 142 Å². The number of aromatic nitrogens is 1. The monoisotopic (exact) mass is 362 g/mol. The molecule has 1 aromatic heterocycles. The largest absolute Gasteiger partial charge is 0.478 e. The number of hydrogen-bond acceptors (Lipinski definition) is 5. The van der Waals surface area contributed by atoms with Crippen LogP contribution in [0.25, 0.3) is 10.2 Å². The lowest BCUT2D eigenvalue weighted by atomic mass is 10.1. The smallest absolute Gasteiger partial charge is 0.335 e. The molecule has 124 valence electrons. The highest BCUT2D eigenvalue weighted by Crippen LogP contribution is 2.29. The van der Waals surface area contributed by atoms with Crippen molar-refractivity contribution in [2.45, 2.75) is 18.7 Å². The summed E-state index contributed by atoms with van der Waals surface area (Å²) in [5.41, 5.74) is 2.15. The molecule has 0 aliphatic rings. The van der Waals surface area contributed by atoms with Crippen LogP contribution in [0.3, 0.4) is 0 Å². The highest BCUT2D eigenvalue weighted by atomic mass is 32.2. The van der Waals surface area contributed by atoms with Crippen molar-refractivity contribution in [1.82, 2.24) is 4.98 Å². The van der Waals surface area contributed by atoms with Gasteiger partial charge < -0.3 is 5.11 Å². The minimum Gasteiger partial charge on any atom is -0.478 e. The molecule has 24 heavy (non-hydrogen) atoms. The molecule has 0 amide bonds. The van der Waals surface area contributed by atoms with E-state index in [1.807, 2.05) is 25.1 Å². The van der Waals surface area contributed by atoms with Gasteiger partial charge in [-0.2, -0.15) is 0 Å². The van der Waals surface area contributed by atoms with Crippen LogP contribution in [0.15, 0.2) is 41.3 Å². The van der Waals surface area contributed by atoms with Gasteiger partial charge in [-0.3, -0.25) is 4.72 Å². The van der Waals surface area contributed by atoms with Crippen molar-refractivity contribution in [2.24, 2.45) is 0 Å². The fraction of sp³-hybridized carbons (Fsp3) is 0.125. The predicted octanol–water partition coefficient (Wildman–Crippen LogP) is 3.41. The van der Waals surface area contributed by atoms with Crippen molar-refractivity contribution in [2.75, 3.05) is 4.72 Å². The molecule has 0 saturated heterocycles. The summed E-state index contributed by atoms with van der Waals surface area (Å²) in [6, 6.07) is 9.66. The lowest BCUT2D eigenvalue weighted by molar-refractivity contribution is 0.0696. The first-order chi connectivity index (χ1) is 11.3. The zero-order valence-corrected chi connectivity index (χ0v) is 14.5. The lowest BCUT2D eigenvalue weighted by Gasteiger charge is -2.09. The van der Waals surface area contributed by atoms with E-state index < -0.39 is 16.0 Å². The van der Waals surface area contributed by atoms with Gasteiger partial charge in [-0.15, -0.1) is 0 Å². The number of carboxylic acid groups (broad SMARTS) is 1. The zero-order valence-electron chi connectivity index (χ0n) is 12.9. The Bertz CT molecular complexity index is 1060. The van der Waals surface area contributed by atoms with Crippen molar-refractivity contribution < 1.29 is 18.3 Å². The number of carboxylic acids is 1. The van der Waals surface area contributed by atoms with Crippen LogP contribution >= 0.6 is 11.3 Å². The van der Waals surface area contributed by atoms with Crippen LogP contribution in [-0.2, 0) is 10.0 Å². The number of rotatable bonds is 4. The first-order valence-corrected chi connectivity index (χ1v) is 9.30.